The molecular formula is C45H80Cl2N6O7P2. The number of piperidine rings is 3. The van der Waals surface area contributed by atoms with Gasteiger partial charge >= 0.3 is 13.7 Å². The second-order valence-electron chi connectivity index (χ2n) is 20.4. The van der Waals surface area contributed by atoms with E-state index >= 15 is 0 Å². The van der Waals surface area contributed by atoms with Crippen molar-refractivity contribution in [1.82, 2.24) is 25.4 Å². The highest BCUT2D eigenvalue weighted by atomic mass is 35.9. The summed E-state index contributed by atoms with van der Waals surface area (Å²) in [5.74, 6) is 0.988. The number of hydrogen-bond donors (Lipinski definition) is 3. The maximum atomic E-state index is 14.6. The number of benzene rings is 2. The molecule has 3 fully saturated rings. The van der Waals surface area contributed by atoms with Gasteiger partial charge in [0.25, 0.3) is 0 Å². The van der Waals surface area contributed by atoms with Crippen LogP contribution in [-0.4, -0.2) is 86.4 Å². The Balaban J connectivity index is 0.000000331. The van der Waals surface area contributed by atoms with Crippen LogP contribution < -0.4 is 25.0 Å². The Morgan fingerprint density at radius 3 is 1.08 bits per heavy atom. The van der Waals surface area contributed by atoms with Crippen LogP contribution in [0.1, 0.15) is 142 Å². The summed E-state index contributed by atoms with van der Waals surface area (Å²) in [5, 5.41) is 13.3. The maximum Gasteiger partial charge on any atom is 0.428 e. The monoisotopic (exact) mass is 948 g/mol. The molecule has 3 saturated heterocycles. The molecule has 356 valence electrons. The zero-order valence-electron chi connectivity index (χ0n) is 40.3. The Morgan fingerprint density at radius 2 is 0.806 bits per heavy atom. The Hall–Kier alpha value is -1.28. The van der Waals surface area contributed by atoms with Crippen molar-refractivity contribution in [2.24, 2.45) is 5.73 Å². The van der Waals surface area contributed by atoms with Crippen molar-refractivity contribution in [1.29, 1.82) is 0 Å². The Bertz CT molecular complexity index is 1660. The molecule has 0 aliphatic carbocycles. The number of nitrogens with zero attached hydrogens (tertiary/aromatic N) is 3. The topological polar surface area (TPSA) is 140 Å². The zero-order chi connectivity index (χ0) is 47.0. The van der Waals surface area contributed by atoms with E-state index in [1.807, 2.05) is 51.1 Å². The van der Waals surface area contributed by atoms with E-state index in [0.717, 1.165) is 45.1 Å². The molecule has 62 heavy (non-hydrogen) atoms. The van der Waals surface area contributed by atoms with E-state index in [2.05, 4.69) is 113 Å². The molecule has 2 aromatic rings. The predicted octanol–water partition coefficient (Wildman–Crippen LogP) is 11.9. The lowest BCUT2D eigenvalue weighted by Gasteiger charge is -2.55. The van der Waals surface area contributed by atoms with Gasteiger partial charge in [0.2, 0.25) is 0 Å². The molecule has 4 N–H and O–H groups in total. The molecule has 17 heteroatoms. The molecule has 0 aromatic heterocycles. The Morgan fingerprint density at radius 1 is 0.532 bits per heavy atom. The van der Waals surface area contributed by atoms with Gasteiger partial charge in [-0.25, -0.2) is 19.3 Å². The van der Waals surface area contributed by atoms with Crippen molar-refractivity contribution in [2.75, 3.05) is 19.8 Å². The summed E-state index contributed by atoms with van der Waals surface area (Å²) >= 11 is 10.3. The average molecular weight is 950 g/mol. The molecule has 5 rings (SSSR count). The molecular weight excluding hydrogens is 869 g/mol. The summed E-state index contributed by atoms with van der Waals surface area (Å²) in [6.45, 7) is 34.3. The lowest BCUT2D eigenvalue weighted by Crippen LogP contribution is -2.64. The molecule has 3 aliphatic rings. The summed E-state index contributed by atoms with van der Waals surface area (Å²) in [4.78, 5) is 17.9. The number of hydrogen-bond acceptors (Lipinski definition) is 11. The Labute approximate surface area is 384 Å². The molecule has 0 amide bonds. The van der Waals surface area contributed by atoms with Gasteiger partial charge in [0, 0.05) is 73.8 Å². The first-order valence-corrected chi connectivity index (χ1v) is 27.2. The van der Waals surface area contributed by atoms with Crippen LogP contribution in [0, 0.1) is 0 Å². The largest absolute Gasteiger partial charge is 0.428 e. The molecule has 0 radical (unpaired) electrons. The van der Waals surface area contributed by atoms with Crippen LogP contribution in [0.4, 0.5) is 0 Å². The fraction of sp³-hybridized carbons (Fsp3) is 0.733. The third-order valence-corrected chi connectivity index (χ3v) is 13.9. The highest BCUT2D eigenvalue weighted by Crippen LogP contribution is 2.57. The highest BCUT2D eigenvalue weighted by Gasteiger charge is 2.51. The summed E-state index contributed by atoms with van der Waals surface area (Å²) in [5.41, 5.74) is 5.19. The predicted molar refractivity (Wildman–Crippen MR) is 255 cm³/mol. The quantitative estimate of drug-likeness (QED) is 0.155. The number of nitrogens with two attached hydrogens (primary N) is 1. The number of hydroxylamine groups is 6. The van der Waals surface area contributed by atoms with Crippen molar-refractivity contribution < 1.29 is 32.7 Å². The standard InChI is InChI=1S/C28H51N4O4P.C11H24N2O.C6H5Cl2O2P/c1-11-34-31-25(3,4)18-22(19-26(31,5)6)29-37(33,36-24-16-14-13-15-17-24)30-23-20-27(7,8)32(35-12-2)28(9,10)21-23;1-6-14-13-10(2,3)7-9(12)8-11(13,4)5;7-11(8,9)10-6-4-2-1-3-5-6/h13-17,22-23H,11-12,18-21H2,1-10H3,(H2,29,30,33);9H,6-8,12H2,1-5H3;1-5H. The van der Waals surface area contributed by atoms with Crippen LogP contribution in [0.25, 0.3) is 0 Å². The van der Waals surface area contributed by atoms with Crippen LogP contribution >= 0.6 is 36.2 Å². The molecule has 2 aromatic carbocycles. The number of para-hydroxylation sites is 2. The molecule has 0 spiro atoms. The normalized spacial score (nSPS) is 23.0. The van der Waals surface area contributed by atoms with Crippen molar-refractivity contribution in [2.45, 2.75) is 194 Å². The van der Waals surface area contributed by atoms with E-state index in [1.54, 1.807) is 30.3 Å². The van der Waals surface area contributed by atoms with Gasteiger partial charge in [-0.05, 0) is 167 Å². The minimum Gasteiger partial charge on any atom is -0.422 e. The van der Waals surface area contributed by atoms with Crippen molar-refractivity contribution in [3.05, 3.63) is 60.7 Å². The van der Waals surface area contributed by atoms with Gasteiger partial charge < -0.3 is 14.8 Å². The van der Waals surface area contributed by atoms with Gasteiger partial charge in [-0.2, -0.15) is 15.2 Å². The minimum absolute atomic E-state index is 0.0201. The van der Waals surface area contributed by atoms with Gasteiger partial charge in [0.15, 0.2) is 0 Å². The van der Waals surface area contributed by atoms with E-state index < -0.39 is 13.7 Å². The SMILES string of the molecule is CCON1C(C)(C)CC(N)CC1(C)C.CCON1C(C)(C)CC(NP(=O)(NC2CC(C)(C)N(OCC)C(C)(C)C2)Oc2ccccc2)CC1(C)C.O=P(Cl)(Cl)Oc1ccccc1. The van der Waals surface area contributed by atoms with Gasteiger partial charge in [-0.3, -0.25) is 14.5 Å². The van der Waals surface area contributed by atoms with E-state index in [4.69, 9.17) is 47.3 Å². The molecule has 0 atom stereocenters. The highest BCUT2D eigenvalue weighted by molar-refractivity contribution is 8.05. The van der Waals surface area contributed by atoms with Gasteiger partial charge in [0.05, 0.1) is 19.8 Å². The summed E-state index contributed by atoms with van der Waals surface area (Å²) in [7, 11) is -3.49. The number of nitrogens with one attached hydrogen (secondary N) is 2. The summed E-state index contributed by atoms with van der Waals surface area (Å²) in [6, 6.07) is 18.2. The lowest BCUT2D eigenvalue weighted by molar-refractivity contribution is -0.281. The van der Waals surface area contributed by atoms with Crippen LogP contribution in [0.5, 0.6) is 11.5 Å². The van der Waals surface area contributed by atoms with Crippen molar-refractivity contribution >= 4 is 36.2 Å². The van der Waals surface area contributed by atoms with E-state index in [1.165, 1.54) is 0 Å². The first kappa shape index (κ1) is 55.1. The van der Waals surface area contributed by atoms with Crippen molar-refractivity contribution in [3.8, 4) is 11.5 Å². The molecule has 0 bridgehead atoms. The van der Waals surface area contributed by atoms with Crippen LogP contribution in [0.15, 0.2) is 60.7 Å². The number of halogens is 2. The third kappa shape index (κ3) is 16.3. The van der Waals surface area contributed by atoms with E-state index in [0.29, 0.717) is 24.7 Å². The van der Waals surface area contributed by atoms with Crippen LogP contribution in [0.2, 0.25) is 0 Å². The number of rotatable bonds is 14. The smallest absolute Gasteiger partial charge is 0.422 e. The molecule has 3 aliphatic heterocycles. The second kappa shape index (κ2) is 22.0. The lowest BCUT2D eigenvalue weighted by atomic mass is 9.79. The minimum atomic E-state index is -3.49. The van der Waals surface area contributed by atoms with Crippen LogP contribution in [-0.2, 0) is 23.6 Å². The molecule has 0 unspecified atom stereocenters. The second-order valence-corrected chi connectivity index (χ2v) is 26.4. The maximum absolute atomic E-state index is 14.6. The van der Waals surface area contributed by atoms with Crippen LogP contribution in [0.3, 0.4) is 0 Å². The molecule has 3 heterocycles. The van der Waals surface area contributed by atoms with Gasteiger partial charge in [0.1, 0.15) is 11.5 Å². The summed E-state index contributed by atoms with van der Waals surface area (Å²) in [6.07, 6.45) is 1.66. The molecule has 0 saturated carbocycles. The third-order valence-electron chi connectivity index (χ3n) is 11.2. The first-order chi connectivity index (χ1) is 28.4. The fourth-order valence-corrected chi connectivity index (χ4v) is 13.1. The molecule has 13 nitrogen and oxygen atoms in total. The van der Waals surface area contributed by atoms with Crippen molar-refractivity contribution in [3.63, 3.8) is 0 Å². The zero-order valence-corrected chi connectivity index (χ0v) is 43.6. The first-order valence-electron chi connectivity index (χ1n) is 22.1. The fourth-order valence-electron chi connectivity index (χ4n) is 10.3. The summed E-state index contributed by atoms with van der Waals surface area (Å²) < 4.78 is 36.3. The van der Waals surface area contributed by atoms with E-state index in [9.17, 15) is 9.13 Å². The van der Waals surface area contributed by atoms with Gasteiger partial charge in [-0.1, -0.05) is 36.4 Å². The van der Waals surface area contributed by atoms with Gasteiger partial charge in [-0.15, -0.1) is 0 Å². The average Bonchev–Trinajstić information content (AvgIpc) is 3.09. The van der Waals surface area contributed by atoms with E-state index in [-0.39, 0.29) is 51.4 Å². The Kier molecular flexibility index (Phi) is 19.5.